The van der Waals surface area contributed by atoms with Crippen LogP contribution in [0.4, 0.5) is 0 Å². The summed E-state index contributed by atoms with van der Waals surface area (Å²) < 4.78 is 5.73. The molecule has 0 saturated heterocycles. The lowest BCUT2D eigenvalue weighted by atomic mass is 9.94. The zero-order valence-electron chi connectivity index (χ0n) is 10.8. The molecule has 2 aromatic carbocycles. The Hall–Kier alpha value is -1.51. The molecule has 1 unspecified atom stereocenters. The number of para-hydroxylation sites is 1. The van der Waals surface area contributed by atoms with Crippen LogP contribution in [0.3, 0.4) is 0 Å². The zero-order chi connectivity index (χ0) is 13.4. The van der Waals surface area contributed by atoms with Gasteiger partial charge in [0.15, 0.2) is 0 Å². The number of fused-ring (bicyclic) bond motifs is 1. The molecular weight excluding hydrogens is 258 g/mol. The van der Waals surface area contributed by atoms with E-state index in [0.29, 0.717) is 0 Å². The van der Waals surface area contributed by atoms with Gasteiger partial charge in [-0.1, -0.05) is 41.9 Å². The highest BCUT2D eigenvalue weighted by molar-refractivity contribution is 6.31. The molecule has 19 heavy (non-hydrogen) atoms. The minimum Gasteiger partial charge on any atom is -0.493 e. The molecule has 0 amide bonds. The van der Waals surface area contributed by atoms with Gasteiger partial charge in [-0.15, -0.1) is 0 Å². The van der Waals surface area contributed by atoms with E-state index in [9.17, 15) is 0 Å². The van der Waals surface area contributed by atoms with Crippen molar-refractivity contribution in [1.29, 1.82) is 0 Å². The van der Waals surface area contributed by atoms with Gasteiger partial charge in [0.1, 0.15) is 5.75 Å². The van der Waals surface area contributed by atoms with E-state index in [4.69, 9.17) is 22.1 Å². The Morgan fingerprint density at radius 3 is 2.74 bits per heavy atom. The van der Waals surface area contributed by atoms with Gasteiger partial charge in [-0.2, -0.15) is 0 Å². The molecule has 3 rings (SSSR count). The second-order valence-electron chi connectivity index (χ2n) is 4.87. The third-order valence-corrected chi connectivity index (χ3v) is 4.13. The topological polar surface area (TPSA) is 35.2 Å². The van der Waals surface area contributed by atoms with E-state index in [-0.39, 0.29) is 6.04 Å². The lowest BCUT2D eigenvalue weighted by molar-refractivity contribution is 0.352. The van der Waals surface area contributed by atoms with Gasteiger partial charge < -0.3 is 10.5 Å². The molecule has 3 heteroatoms. The normalized spacial score (nSPS) is 14.9. The van der Waals surface area contributed by atoms with Crippen molar-refractivity contribution in [3.05, 3.63) is 63.7 Å². The van der Waals surface area contributed by atoms with Gasteiger partial charge in [0.05, 0.1) is 12.6 Å². The fraction of sp³-hybridized carbons (Fsp3) is 0.250. The van der Waals surface area contributed by atoms with Gasteiger partial charge in [-0.25, -0.2) is 0 Å². The van der Waals surface area contributed by atoms with Crippen LogP contribution in [-0.4, -0.2) is 6.61 Å². The average molecular weight is 274 g/mol. The summed E-state index contributed by atoms with van der Waals surface area (Å²) in [7, 11) is 0. The lowest BCUT2D eigenvalue weighted by Crippen LogP contribution is -2.14. The first kappa shape index (κ1) is 12.5. The predicted octanol–water partition coefficient (Wildman–Crippen LogP) is 3.63. The van der Waals surface area contributed by atoms with Crippen molar-refractivity contribution in [2.45, 2.75) is 19.4 Å². The van der Waals surface area contributed by atoms with Crippen molar-refractivity contribution >= 4 is 11.6 Å². The fourth-order valence-electron chi connectivity index (χ4n) is 2.61. The molecule has 0 radical (unpaired) electrons. The second-order valence-corrected chi connectivity index (χ2v) is 5.27. The number of hydrogen-bond acceptors (Lipinski definition) is 2. The summed E-state index contributed by atoms with van der Waals surface area (Å²) in [6.45, 7) is 2.75. The quantitative estimate of drug-likeness (QED) is 0.907. The zero-order valence-corrected chi connectivity index (χ0v) is 11.6. The van der Waals surface area contributed by atoms with Crippen LogP contribution in [0.1, 0.15) is 28.3 Å². The van der Waals surface area contributed by atoms with Crippen molar-refractivity contribution in [3.63, 3.8) is 0 Å². The fourth-order valence-corrected chi connectivity index (χ4v) is 2.80. The standard InChI is InChI=1S/C16H16ClNO/c1-10-12(5-3-7-14(10)17)15(18)13-6-2-4-11-8-9-19-16(11)13/h2-7,15H,8-9,18H2,1H3. The molecule has 2 N–H and O–H groups in total. The van der Waals surface area contributed by atoms with Crippen molar-refractivity contribution < 1.29 is 4.74 Å². The molecule has 0 aliphatic carbocycles. The van der Waals surface area contributed by atoms with E-state index in [0.717, 1.165) is 40.5 Å². The summed E-state index contributed by atoms with van der Waals surface area (Å²) >= 11 is 6.18. The SMILES string of the molecule is Cc1c(Cl)cccc1C(N)c1cccc2c1OCC2. The Kier molecular flexibility index (Phi) is 3.21. The van der Waals surface area contributed by atoms with Crippen LogP contribution < -0.4 is 10.5 Å². The highest BCUT2D eigenvalue weighted by atomic mass is 35.5. The maximum absolute atomic E-state index is 6.42. The van der Waals surface area contributed by atoms with Gasteiger partial charge in [0.2, 0.25) is 0 Å². The van der Waals surface area contributed by atoms with Gasteiger partial charge in [-0.05, 0) is 29.7 Å². The summed E-state index contributed by atoms with van der Waals surface area (Å²) in [5.41, 5.74) is 10.8. The van der Waals surface area contributed by atoms with Gasteiger partial charge in [0, 0.05) is 17.0 Å². The summed E-state index contributed by atoms with van der Waals surface area (Å²) in [5, 5.41) is 0.751. The number of ether oxygens (including phenoxy) is 1. The average Bonchev–Trinajstić information content (AvgIpc) is 2.89. The second kappa shape index (κ2) is 4.87. The van der Waals surface area contributed by atoms with E-state index in [2.05, 4.69) is 6.07 Å². The maximum atomic E-state index is 6.42. The van der Waals surface area contributed by atoms with E-state index < -0.39 is 0 Å². The first-order chi connectivity index (χ1) is 9.18. The highest BCUT2D eigenvalue weighted by Gasteiger charge is 2.22. The van der Waals surface area contributed by atoms with Crippen LogP contribution in [0.2, 0.25) is 5.02 Å². The van der Waals surface area contributed by atoms with Crippen LogP contribution in [0.15, 0.2) is 36.4 Å². The van der Waals surface area contributed by atoms with Crippen LogP contribution in [0.5, 0.6) is 5.75 Å². The highest BCUT2D eigenvalue weighted by Crippen LogP contribution is 2.36. The number of hydrogen-bond donors (Lipinski definition) is 1. The Balaban J connectivity index is 2.08. The summed E-state index contributed by atoms with van der Waals surface area (Å²) in [4.78, 5) is 0. The summed E-state index contributed by atoms with van der Waals surface area (Å²) in [6, 6.07) is 11.8. The molecule has 0 aromatic heterocycles. The number of nitrogens with two attached hydrogens (primary N) is 1. The van der Waals surface area contributed by atoms with E-state index >= 15 is 0 Å². The van der Waals surface area contributed by atoms with E-state index in [1.54, 1.807) is 0 Å². The van der Waals surface area contributed by atoms with Crippen LogP contribution in [0.25, 0.3) is 0 Å². The van der Waals surface area contributed by atoms with Gasteiger partial charge in [-0.3, -0.25) is 0 Å². The molecule has 98 valence electrons. The third kappa shape index (κ3) is 2.11. The molecule has 1 heterocycles. The smallest absolute Gasteiger partial charge is 0.127 e. The Bertz CT molecular complexity index is 624. The third-order valence-electron chi connectivity index (χ3n) is 3.72. The number of halogens is 1. The van der Waals surface area contributed by atoms with Crippen molar-refractivity contribution in [1.82, 2.24) is 0 Å². The molecular formula is C16H16ClNO. The van der Waals surface area contributed by atoms with Crippen LogP contribution in [0, 0.1) is 6.92 Å². The lowest BCUT2D eigenvalue weighted by Gasteiger charge is -2.18. The first-order valence-electron chi connectivity index (χ1n) is 6.43. The molecule has 0 bridgehead atoms. The molecule has 0 saturated carbocycles. The monoisotopic (exact) mass is 273 g/mol. The largest absolute Gasteiger partial charge is 0.493 e. The molecule has 0 spiro atoms. The molecule has 0 fully saturated rings. The van der Waals surface area contributed by atoms with Crippen molar-refractivity contribution in [2.24, 2.45) is 5.73 Å². The molecule has 1 aliphatic heterocycles. The number of benzene rings is 2. The molecule has 1 atom stereocenters. The predicted molar refractivity (Wildman–Crippen MR) is 77.9 cm³/mol. The van der Waals surface area contributed by atoms with Crippen molar-refractivity contribution in [2.75, 3.05) is 6.61 Å². The van der Waals surface area contributed by atoms with Gasteiger partial charge >= 0.3 is 0 Å². The molecule has 2 nitrogen and oxygen atoms in total. The molecule has 1 aliphatic rings. The first-order valence-corrected chi connectivity index (χ1v) is 6.81. The molecule has 2 aromatic rings. The number of rotatable bonds is 2. The Morgan fingerprint density at radius 1 is 1.16 bits per heavy atom. The van der Waals surface area contributed by atoms with Crippen LogP contribution in [-0.2, 0) is 6.42 Å². The van der Waals surface area contributed by atoms with Crippen molar-refractivity contribution in [3.8, 4) is 5.75 Å². The van der Waals surface area contributed by atoms with E-state index in [1.807, 2.05) is 37.3 Å². The minimum atomic E-state index is -0.202. The summed E-state index contributed by atoms with van der Waals surface area (Å²) in [6.07, 6.45) is 0.963. The van der Waals surface area contributed by atoms with Gasteiger partial charge in [0.25, 0.3) is 0 Å². The maximum Gasteiger partial charge on any atom is 0.127 e. The van der Waals surface area contributed by atoms with E-state index in [1.165, 1.54) is 5.56 Å². The Morgan fingerprint density at radius 2 is 1.89 bits per heavy atom. The summed E-state index contributed by atoms with van der Waals surface area (Å²) in [5.74, 6) is 0.953. The Labute approximate surface area is 118 Å². The minimum absolute atomic E-state index is 0.202. The van der Waals surface area contributed by atoms with Crippen LogP contribution >= 0.6 is 11.6 Å².